The molecule has 1 aliphatic rings. The largest absolute Gasteiger partial charge is 0.460 e. The van der Waals surface area contributed by atoms with E-state index in [-0.39, 0.29) is 18.3 Å². The molecule has 0 N–H and O–H groups in total. The molecule has 0 aromatic heterocycles. The van der Waals surface area contributed by atoms with E-state index in [1.54, 1.807) is 20.8 Å². The molecule has 0 aromatic carbocycles. The van der Waals surface area contributed by atoms with Gasteiger partial charge in [-0.15, -0.1) is 0 Å². The van der Waals surface area contributed by atoms with Gasteiger partial charge in [-0.05, 0) is 40.5 Å². The highest BCUT2D eigenvalue weighted by molar-refractivity contribution is 5.98. The Hall–Kier alpha value is -0.900. The molecular weight excluding hydrogens is 208 g/mol. The molecule has 1 saturated heterocycles. The fourth-order valence-corrected chi connectivity index (χ4v) is 1.67. The van der Waals surface area contributed by atoms with Crippen molar-refractivity contribution in [3.05, 3.63) is 0 Å². The molecule has 1 aliphatic heterocycles. The molecule has 1 heterocycles. The summed E-state index contributed by atoms with van der Waals surface area (Å²) in [6, 6.07) is 0. The second-order valence-corrected chi connectivity index (χ2v) is 5.24. The number of esters is 1. The van der Waals surface area contributed by atoms with Crippen molar-refractivity contribution in [2.24, 2.45) is 0 Å². The van der Waals surface area contributed by atoms with E-state index in [1.165, 1.54) is 0 Å². The Morgan fingerprint density at radius 2 is 1.94 bits per heavy atom. The summed E-state index contributed by atoms with van der Waals surface area (Å²) in [7, 11) is 0. The molecule has 92 valence electrons. The van der Waals surface area contributed by atoms with Crippen LogP contribution in [0, 0.1) is 0 Å². The van der Waals surface area contributed by atoms with E-state index in [4.69, 9.17) is 9.47 Å². The fraction of sp³-hybridized carbons (Fsp3) is 0.833. The van der Waals surface area contributed by atoms with Gasteiger partial charge in [0.1, 0.15) is 18.1 Å². The standard InChI is InChI=1S/C12H20O4/c1-8-5-6-10(15-8)9(13)7-11(14)16-12(2,3)4/h8,10H,5-7H2,1-4H3/t8-,10-/m0/s1. The molecule has 16 heavy (non-hydrogen) atoms. The zero-order valence-corrected chi connectivity index (χ0v) is 10.4. The molecule has 0 aromatic rings. The van der Waals surface area contributed by atoms with Gasteiger partial charge in [0, 0.05) is 0 Å². The molecule has 0 radical (unpaired) electrons. The molecule has 4 heteroatoms. The first-order valence-electron chi connectivity index (χ1n) is 5.68. The molecule has 2 atom stereocenters. The summed E-state index contributed by atoms with van der Waals surface area (Å²) in [5.41, 5.74) is -0.540. The molecule has 0 spiro atoms. The van der Waals surface area contributed by atoms with Gasteiger partial charge in [-0.1, -0.05) is 0 Å². The van der Waals surface area contributed by atoms with Gasteiger partial charge in [0.05, 0.1) is 6.10 Å². The van der Waals surface area contributed by atoms with E-state index in [1.807, 2.05) is 6.92 Å². The van der Waals surface area contributed by atoms with Crippen LogP contribution in [0.5, 0.6) is 0 Å². The monoisotopic (exact) mass is 228 g/mol. The SMILES string of the molecule is C[C@H]1CC[C@@H](C(=O)CC(=O)OC(C)(C)C)O1. The van der Waals surface area contributed by atoms with Crippen LogP contribution in [-0.2, 0) is 19.1 Å². The summed E-state index contributed by atoms with van der Waals surface area (Å²) in [6.45, 7) is 7.28. The number of ether oxygens (including phenoxy) is 2. The molecule has 0 aliphatic carbocycles. The highest BCUT2D eigenvalue weighted by Gasteiger charge is 2.30. The van der Waals surface area contributed by atoms with Crippen LogP contribution >= 0.6 is 0 Å². The molecule has 0 saturated carbocycles. The first-order chi connectivity index (χ1) is 7.28. The van der Waals surface area contributed by atoms with Crippen LogP contribution < -0.4 is 0 Å². The summed E-state index contributed by atoms with van der Waals surface area (Å²) in [6.07, 6.45) is 1.11. The molecule has 0 unspecified atom stereocenters. The summed E-state index contributed by atoms with van der Waals surface area (Å²) in [5.74, 6) is -0.640. The molecule has 0 bridgehead atoms. The lowest BCUT2D eigenvalue weighted by Crippen LogP contribution is -2.29. The third-order valence-corrected chi connectivity index (χ3v) is 2.33. The maximum atomic E-state index is 11.7. The molecule has 1 rings (SSSR count). The van der Waals surface area contributed by atoms with Crippen LogP contribution in [-0.4, -0.2) is 29.6 Å². The minimum absolute atomic E-state index is 0.118. The van der Waals surface area contributed by atoms with Gasteiger partial charge in [0.25, 0.3) is 0 Å². The number of hydrogen-bond acceptors (Lipinski definition) is 4. The van der Waals surface area contributed by atoms with Crippen LogP contribution in [0.1, 0.15) is 47.0 Å². The maximum Gasteiger partial charge on any atom is 0.313 e. The Bertz CT molecular complexity index is 277. The Morgan fingerprint density at radius 1 is 1.31 bits per heavy atom. The van der Waals surface area contributed by atoms with Crippen molar-refractivity contribution in [2.45, 2.75) is 64.8 Å². The van der Waals surface area contributed by atoms with Gasteiger partial charge in [-0.25, -0.2) is 0 Å². The Labute approximate surface area is 96.3 Å². The van der Waals surface area contributed by atoms with Crippen molar-refractivity contribution in [1.29, 1.82) is 0 Å². The summed E-state index contributed by atoms with van der Waals surface area (Å²) in [5, 5.41) is 0. The van der Waals surface area contributed by atoms with Gasteiger partial charge in [0.2, 0.25) is 0 Å². The number of carbonyl (C=O) groups is 2. The lowest BCUT2D eigenvalue weighted by atomic mass is 10.1. The molecule has 4 nitrogen and oxygen atoms in total. The Balaban J connectivity index is 2.37. The summed E-state index contributed by atoms with van der Waals surface area (Å²) in [4.78, 5) is 23.1. The zero-order chi connectivity index (χ0) is 12.3. The number of ketones is 1. The van der Waals surface area contributed by atoms with Crippen LogP contribution in [0.25, 0.3) is 0 Å². The third kappa shape index (κ3) is 4.31. The van der Waals surface area contributed by atoms with E-state index >= 15 is 0 Å². The van der Waals surface area contributed by atoms with Crippen molar-refractivity contribution in [1.82, 2.24) is 0 Å². The average molecular weight is 228 g/mol. The number of rotatable bonds is 3. The highest BCUT2D eigenvalue weighted by Crippen LogP contribution is 2.21. The average Bonchev–Trinajstić information content (AvgIpc) is 2.47. The minimum Gasteiger partial charge on any atom is -0.460 e. The van der Waals surface area contributed by atoms with Gasteiger partial charge in [0.15, 0.2) is 5.78 Å². The maximum absolute atomic E-state index is 11.7. The van der Waals surface area contributed by atoms with Crippen LogP contribution in [0.15, 0.2) is 0 Å². The topological polar surface area (TPSA) is 52.6 Å². The van der Waals surface area contributed by atoms with E-state index in [2.05, 4.69) is 0 Å². The van der Waals surface area contributed by atoms with Crippen LogP contribution in [0.4, 0.5) is 0 Å². The van der Waals surface area contributed by atoms with Crippen molar-refractivity contribution in [3.8, 4) is 0 Å². The normalized spacial score (nSPS) is 25.5. The highest BCUT2D eigenvalue weighted by atomic mass is 16.6. The lowest BCUT2D eigenvalue weighted by Gasteiger charge is -2.19. The Morgan fingerprint density at radius 3 is 2.38 bits per heavy atom. The van der Waals surface area contributed by atoms with E-state index in [0.717, 1.165) is 6.42 Å². The minimum atomic E-state index is -0.540. The summed E-state index contributed by atoms with van der Waals surface area (Å²) < 4.78 is 10.5. The molecule has 1 fully saturated rings. The van der Waals surface area contributed by atoms with Crippen LogP contribution in [0.3, 0.4) is 0 Å². The second kappa shape index (κ2) is 4.95. The van der Waals surface area contributed by atoms with Crippen molar-refractivity contribution in [2.75, 3.05) is 0 Å². The first-order valence-corrected chi connectivity index (χ1v) is 5.68. The number of hydrogen-bond donors (Lipinski definition) is 0. The summed E-state index contributed by atoms with van der Waals surface area (Å²) >= 11 is 0. The number of carbonyl (C=O) groups excluding carboxylic acids is 2. The lowest BCUT2D eigenvalue weighted by molar-refractivity contribution is -0.157. The van der Waals surface area contributed by atoms with Gasteiger partial charge in [-0.3, -0.25) is 9.59 Å². The third-order valence-electron chi connectivity index (χ3n) is 2.33. The number of Topliss-reactive ketones (excluding diaryl/α,β-unsaturated/α-hetero) is 1. The van der Waals surface area contributed by atoms with E-state index in [9.17, 15) is 9.59 Å². The molecular formula is C12H20O4. The van der Waals surface area contributed by atoms with Crippen molar-refractivity contribution >= 4 is 11.8 Å². The first kappa shape index (κ1) is 13.2. The van der Waals surface area contributed by atoms with Gasteiger partial charge >= 0.3 is 5.97 Å². The van der Waals surface area contributed by atoms with Crippen molar-refractivity contribution in [3.63, 3.8) is 0 Å². The van der Waals surface area contributed by atoms with Crippen molar-refractivity contribution < 1.29 is 19.1 Å². The molecule has 0 amide bonds. The van der Waals surface area contributed by atoms with E-state index < -0.39 is 17.7 Å². The predicted molar refractivity (Wildman–Crippen MR) is 59.0 cm³/mol. The fourth-order valence-electron chi connectivity index (χ4n) is 1.67. The quantitative estimate of drug-likeness (QED) is 0.546. The zero-order valence-electron chi connectivity index (χ0n) is 10.4. The van der Waals surface area contributed by atoms with Crippen LogP contribution in [0.2, 0.25) is 0 Å². The van der Waals surface area contributed by atoms with Gasteiger partial charge < -0.3 is 9.47 Å². The predicted octanol–water partition coefficient (Wildman–Crippen LogP) is 1.85. The second-order valence-electron chi connectivity index (χ2n) is 5.24. The van der Waals surface area contributed by atoms with E-state index in [0.29, 0.717) is 6.42 Å². The van der Waals surface area contributed by atoms with Gasteiger partial charge in [-0.2, -0.15) is 0 Å². The smallest absolute Gasteiger partial charge is 0.313 e. The Kier molecular flexibility index (Phi) is 4.08.